The Morgan fingerprint density at radius 2 is 1.92 bits per heavy atom. The van der Waals surface area contributed by atoms with Gasteiger partial charge >= 0.3 is 0 Å². The summed E-state index contributed by atoms with van der Waals surface area (Å²) in [4.78, 5) is 21.0. The van der Waals surface area contributed by atoms with E-state index in [1.54, 1.807) is 18.2 Å². The molecule has 3 nitrogen and oxygen atoms in total. The van der Waals surface area contributed by atoms with E-state index < -0.39 is 0 Å². The van der Waals surface area contributed by atoms with E-state index in [-0.39, 0.29) is 0 Å². The number of carbonyl (C=O) groups excluding carboxylic acids is 2. The van der Waals surface area contributed by atoms with Crippen LogP contribution in [0.4, 0.5) is 0 Å². The van der Waals surface area contributed by atoms with Gasteiger partial charge in [-0.05, 0) is 25.1 Å². The van der Waals surface area contributed by atoms with E-state index in [0.717, 1.165) is 0 Å². The van der Waals surface area contributed by atoms with Gasteiger partial charge in [-0.2, -0.15) is 0 Å². The highest BCUT2D eigenvalue weighted by molar-refractivity contribution is 5.90. The lowest BCUT2D eigenvalue weighted by Gasteiger charge is -2.03. The maximum absolute atomic E-state index is 10.5. The van der Waals surface area contributed by atoms with Crippen molar-refractivity contribution in [2.24, 2.45) is 0 Å². The summed E-state index contributed by atoms with van der Waals surface area (Å²) in [5.74, 6) is 0.607. The van der Waals surface area contributed by atoms with Crippen LogP contribution >= 0.6 is 0 Å². The van der Waals surface area contributed by atoms with Gasteiger partial charge < -0.3 is 4.74 Å². The summed E-state index contributed by atoms with van der Waals surface area (Å²) >= 11 is 0. The molecule has 0 bridgehead atoms. The molecule has 1 aromatic rings. The Morgan fingerprint density at radius 3 is 2.46 bits per heavy atom. The molecule has 0 aliphatic carbocycles. The van der Waals surface area contributed by atoms with Crippen molar-refractivity contribution in [2.45, 2.75) is 6.92 Å². The second-order valence-electron chi connectivity index (χ2n) is 2.46. The Labute approximate surface area is 76.3 Å². The Morgan fingerprint density at radius 1 is 1.23 bits per heavy atom. The molecule has 0 spiro atoms. The molecule has 0 heterocycles. The fourth-order valence-electron chi connectivity index (χ4n) is 1.02. The fraction of sp³-hybridized carbons (Fsp3) is 0.200. The third-order valence-corrected chi connectivity index (χ3v) is 1.62. The highest BCUT2D eigenvalue weighted by Gasteiger charge is 2.01. The number of hydrogen-bond acceptors (Lipinski definition) is 3. The van der Waals surface area contributed by atoms with Gasteiger partial charge in [0.05, 0.1) is 6.61 Å². The molecular weight excluding hydrogens is 168 g/mol. The molecule has 0 aromatic heterocycles. The first-order valence-corrected chi connectivity index (χ1v) is 3.99. The third kappa shape index (κ3) is 2.15. The lowest BCUT2D eigenvalue weighted by atomic mass is 10.1. The van der Waals surface area contributed by atoms with Crippen LogP contribution in [0.15, 0.2) is 18.2 Å². The van der Waals surface area contributed by atoms with Gasteiger partial charge in [-0.15, -0.1) is 0 Å². The number of benzene rings is 1. The zero-order valence-corrected chi connectivity index (χ0v) is 7.32. The molecule has 0 amide bonds. The van der Waals surface area contributed by atoms with Crippen molar-refractivity contribution in [2.75, 3.05) is 6.61 Å². The van der Waals surface area contributed by atoms with Crippen LogP contribution in [-0.2, 0) is 0 Å². The molecule has 68 valence electrons. The molecule has 0 unspecified atom stereocenters. The van der Waals surface area contributed by atoms with E-state index >= 15 is 0 Å². The normalized spacial score (nSPS) is 9.31. The monoisotopic (exact) mass is 178 g/mol. The summed E-state index contributed by atoms with van der Waals surface area (Å²) in [5.41, 5.74) is 0.749. The van der Waals surface area contributed by atoms with Crippen LogP contribution in [0.3, 0.4) is 0 Å². The van der Waals surface area contributed by atoms with E-state index in [1.807, 2.05) is 6.92 Å². The Bertz CT molecular complexity index is 318. The quantitative estimate of drug-likeness (QED) is 0.659. The summed E-state index contributed by atoms with van der Waals surface area (Å²) in [7, 11) is 0. The zero-order chi connectivity index (χ0) is 9.68. The van der Waals surface area contributed by atoms with Gasteiger partial charge in [0.15, 0.2) is 12.6 Å². The standard InChI is InChI=1S/C10H10O3/c1-2-13-10-4-3-8(6-11)9(5-10)7-12/h3-7H,2H2,1H3. The van der Waals surface area contributed by atoms with Crippen molar-refractivity contribution >= 4 is 12.6 Å². The van der Waals surface area contributed by atoms with E-state index in [9.17, 15) is 9.59 Å². The van der Waals surface area contributed by atoms with Crippen LogP contribution in [0.5, 0.6) is 5.75 Å². The molecule has 0 saturated carbocycles. The molecule has 0 aliphatic rings. The second-order valence-corrected chi connectivity index (χ2v) is 2.46. The van der Waals surface area contributed by atoms with Gasteiger partial charge in [0.25, 0.3) is 0 Å². The highest BCUT2D eigenvalue weighted by atomic mass is 16.5. The molecule has 1 rings (SSSR count). The van der Waals surface area contributed by atoms with Gasteiger partial charge in [-0.1, -0.05) is 0 Å². The first-order valence-electron chi connectivity index (χ1n) is 3.99. The number of aldehydes is 2. The number of ether oxygens (including phenoxy) is 1. The SMILES string of the molecule is CCOc1ccc(C=O)c(C=O)c1. The fourth-order valence-corrected chi connectivity index (χ4v) is 1.02. The summed E-state index contributed by atoms with van der Waals surface area (Å²) in [6.07, 6.45) is 1.30. The molecule has 0 atom stereocenters. The van der Waals surface area contributed by atoms with E-state index in [0.29, 0.717) is 36.1 Å². The first kappa shape index (κ1) is 9.45. The molecular formula is C10H10O3. The lowest BCUT2D eigenvalue weighted by molar-refractivity contribution is 0.109. The average molecular weight is 178 g/mol. The van der Waals surface area contributed by atoms with Crippen LogP contribution in [0, 0.1) is 0 Å². The minimum atomic E-state index is 0.362. The maximum atomic E-state index is 10.5. The molecule has 0 fully saturated rings. The highest BCUT2D eigenvalue weighted by Crippen LogP contribution is 2.15. The molecule has 13 heavy (non-hydrogen) atoms. The summed E-state index contributed by atoms with van der Waals surface area (Å²) in [6, 6.07) is 4.79. The minimum Gasteiger partial charge on any atom is -0.494 e. The molecule has 1 aromatic carbocycles. The van der Waals surface area contributed by atoms with E-state index in [1.165, 1.54) is 0 Å². The van der Waals surface area contributed by atoms with Crippen molar-refractivity contribution in [1.29, 1.82) is 0 Å². The molecule has 0 radical (unpaired) electrons. The molecule has 3 heteroatoms. The predicted molar refractivity (Wildman–Crippen MR) is 48.4 cm³/mol. The third-order valence-electron chi connectivity index (χ3n) is 1.62. The van der Waals surface area contributed by atoms with Crippen LogP contribution in [-0.4, -0.2) is 19.2 Å². The van der Waals surface area contributed by atoms with Crippen LogP contribution in [0.25, 0.3) is 0 Å². The summed E-state index contributed by atoms with van der Waals surface area (Å²) in [5, 5.41) is 0. The maximum Gasteiger partial charge on any atom is 0.150 e. The van der Waals surface area contributed by atoms with Crippen molar-refractivity contribution < 1.29 is 14.3 Å². The second kappa shape index (κ2) is 4.40. The van der Waals surface area contributed by atoms with Crippen molar-refractivity contribution in [3.63, 3.8) is 0 Å². The number of rotatable bonds is 4. The van der Waals surface area contributed by atoms with Gasteiger partial charge in [0.1, 0.15) is 5.75 Å². The Kier molecular flexibility index (Phi) is 3.20. The number of hydrogen-bond donors (Lipinski definition) is 0. The van der Waals surface area contributed by atoms with Crippen molar-refractivity contribution in [1.82, 2.24) is 0 Å². The van der Waals surface area contributed by atoms with Crippen molar-refractivity contribution in [3.05, 3.63) is 29.3 Å². The topological polar surface area (TPSA) is 43.4 Å². The molecule has 0 aliphatic heterocycles. The Hall–Kier alpha value is -1.64. The van der Waals surface area contributed by atoms with Crippen LogP contribution < -0.4 is 4.74 Å². The number of carbonyl (C=O) groups is 2. The van der Waals surface area contributed by atoms with Gasteiger partial charge in [-0.25, -0.2) is 0 Å². The van der Waals surface area contributed by atoms with Crippen LogP contribution in [0.1, 0.15) is 27.6 Å². The van der Waals surface area contributed by atoms with E-state index in [2.05, 4.69) is 0 Å². The van der Waals surface area contributed by atoms with Gasteiger partial charge in [0, 0.05) is 11.1 Å². The lowest BCUT2D eigenvalue weighted by Crippen LogP contribution is -1.95. The van der Waals surface area contributed by atoms with Crippen LogP contribution in [0.2, 0.25) is 0 Å². The van der Waals surface area contributed by atoms with Crippen molar-refractivity contribution in [3.8, 4) is 5.75 Å². The van der Waals surface area contributed by atoms with E-state index in [4.69, 9.17) is 4.74 Å². The zero-order valence-electron chi connectivity index (χ0n) is 7.32. The van der Waals surface area contributed by atoms with Gasteiger partial charge in [0.2, 0.25) is 0 Å². The first-order chi connectivity index (χ1) is 6.31. The average Bonchev–Trinajstić information content (AvgIpc) is 2.18. The minimum absolute atomic E-state index is 0.362. The Balaban J connectivity index is 3.05. The molecule has 0 saturated heterocycles. The summed E-state index contributed by atoms with van der Waals surface area (Å²) < 4.78 is 5.17. The largest absolute Gasteiger partial charge is 0.494 e. The summed E-state index contributed by atoms with van der Waals surface area (Å²) in [6.45, 7) is 2.40. The predicted octanol–water partition coefficient (Wildman–Crippen LogP) is 1.71. The smallest absolute Gasteiger partial charge is 0.150 e. The molecule has 0 N–H and O–H groups in total. The van der Waals surface area contributed by atoms with Gasteiger partial charge in [-0.3, -0.25) is 9.59 Å².